The second-order valence-corrected chi connectivity index (χ2v) is 7.20. The smallest absolute Gasteiger partial charge is 0.265 e. The molecule has 0 saturated carbocycles. The summed E-state index contributed by atoms with van der Waals surface area (Å²) >= 11 is 0. The van der Waals surface area contributed by atoms with Gasteiger partial charge in [0.1, 0.15) is 5.75 Å². The van der Waals surface area contributed by atoms with Gasteiger partial charge in [-0.3, -0.25) is 9.59 Å². The van der Waals surface area contributed by atoms with Crippen LogP contribution in [0.2, 0.25) is 0 Å². The number of hydrogen-bond donors (Lipinski definition) is 1. The van der Waals surface area contributed by atoms with E-state index >= 15 is 0 Å². The number of anilines is 1. The lowest BCUT2D eigenvalue weighted by molar-refractivity contribution is -0.122. The number of ether oxygens (including phenoxy) is 2. The molecule has 1 heterocycles. The quantitative estimate of drug-likeness (QED) is 0.811. The van der Waals surface area contributed by atoms with Crippen molar-refractivity contribution in [1.82, 2.24) is 4.90 Å². The first-order valence-electron chi connectivity index (χ1n) is 10.0. The number of aryl methyl sites for hydroxylation is 2. The molecule has 2 aromatic carbocycles. The highest BCUT2D eigenvalue weighted by Crippen LogP contribution is 2.21. The lowest BCUT2D eigenvalue weighted by Gasteiger charge is -2.27. The molecule has 0 aliphatic carbocycles. The van der Waals surface area contributed by atoms with Gasteiger partial charge < -0.3 is 19.7 Å². The van der Waals surface area contributed by atoms with Crippen molar-refractivity contribution in [3.05, 3.63) is 59.2 Å². The van der Waals surface area contributed by atoms with Gasteiger partial charge in [-0.25, -0.2) is 0 Å². The van der Waals surface area contributed by atoms with E-state index in [0.717, 1.165) is 5.56 Å². The number of carbonyl (C=O) groups is 2. The maximum Gasteiger partial charge on any atom is 0.265 e. The third kappa shape index (κ3) is 5.15. The summed E-state index contributed by atoms with van der Waals surface area (Å²) < 4.78 is 11.2. The Balaban J connectivity index is 1.73. The van der Waals surface area contributed by atoms with Gasteiger partial charge in [0.25, 0.3) is 11.8 Å². The number of nitrogens with one attached hydrogen (secondary N) is 1. The topological polar surface area (TPSA) is 67.9 Å². The zero-order valence-corrected chi connectivity index (χ0v) is 17.2. The number of para-hydroxylation sites is 1. The maximum atomic E-state index is 12.9. The van der Waals surface area contributed by atoms with E-state index < -0.39 is 6.10 Å². The molecule has 0 radical (unpaired) electrons. The fourth-order valence-corrected chi connectivity index (χ4v) is 3.20. The normalized spacial score (nSPS) is 14.9. The summed E-state index contributed by atoms with van der Waals surface area (Å²) in [5.74, 6) is 0.285. The summed E-state index contributed by atoms with van der Waals surface area (Å²) in [7, 11) is 0. The summed E-state index contributed by atoms with van der Waals surface area (Å²) in [5, 5.41) is 2.89. The highest BCUT2D eigenvalue weighted by Gasteiger charge is 2.24. The van der Waals surface area contributed by atoms with Crippen LogP contribution in [0.1, 0.15) is 34.8 Å². The van der Waals surface area contributed by atoms with E-state index in [4.69, 9.17) is 9.47 Å². The fraction of sp³-hybridized carbons (Fsp3) is 0.391. The van der Waals surface area contributed by atoms with Gasteiger partial charge in [0, 0.05) is 13.1 Å². The minimum Gasteiger partial charge on any atom is -0.481 e. The van der Waals surface area contributed by atoms with Crippen LogP contribution in [-0.4, -0.2) is 49.1 Å². The third-order valence-electron chi connectivity index (χ3n) is 5.13. The molecule has 2 amide bonds. The number of amides is 2. The maximum absolute atomic E-state index is 12.9. The van der Waals surface area contributed by atoms with Crippen LogP contribution < -0.4 is 10.1 Å². The van der Waals surface area contributed by atoms with Crippen molar-refractivity contribution < 1.29 is 19.1 Å². The molecule has 0 aromatic heterocycles. The SMILES string of the molecule is CC[C@@H](Oc1ccc(C)c(C)c1)C(=O)Nc1ccccc1C(=O)N1CCOCC1. The number of carbonyl (C=O) groups excluding carboxylic acids is 2. The van der Waals surface area contributed by atoms with Gasteiger partial charge in [-0.2, -0.15) is 0 Å². The van der Waals surface area contributed by atoms with Gasteiger partial charge in [-0.15, -0.1) is 0 Å². The van der Waals surface area contributed by atoms with Crippen molar-refractivity contribution in [3.63, 3.8) is 0 Å². The van der Waals surface area contributed by atoms with Gasteiger partial charge in [0.2, 0.25) is 0 Å². The van der Waals surface area contributed by atoms with Gasteiger partial charge in [-0.1, -0.05) is 25.1 Å². The van der Waals surface area contributed by atoms with Gasteiger partial charge >= 0.3 is 0 Å². The van der Waals surface area contributed by atoms with Crippen LogP contribution in [0.25, 0.3) is 0 Å². The summed E-state index contributed by atoms with van der Waals surface area (Å²) in [4.78, 5) is 27.5. The molecule has 154 valence electrons. The van der Waals surface area contributed by atoms with Crippen molar-refractivity contribution in [1.29, 1.82) is 0 Å². The van der Waals surface area contributed by atoms with Crippen molar-refractivity contribution >= 4 is 17.5 Å². The standard InChI is InChI=1S/C23H28N2O4/c1-4-21(29-18-10-9-16(2)17(3)15-18)22(26)24-20-8-6-5-7-19(20)23(27)25-11-13-28-14-12-25/h5-10,15,21H,4,11-14H2,1-3H3,(H,24,26)/t21-/m1/s1. The Hall–Kier alpha value is -2.86. The molecule has 1 N–H and O–H groups in total. The molecule has 2 aromatic rings. The lowest BCUT2D eigenvalue weighted by atomic mass is 10.1. The first kappa shape index (κ1) is 20.9. The van der Waals surface area contributed by atoms with Crippen molar-refractivity contribution in [2.24, 2.45) is 0 Å². The Morgan fingerprint density at radius 1 is 1.10 bits per heavy atom. The molecular formula is C23H28N2O4. The molecule has 1 aliphatic rings. The number of benzene rings is 2. The minimum atomic E-state index is -0.649. The zero-order valence-electron chi connectivity index (χ0n) is 17.2. The average molecular weight is 396 g/mol. The van der Waals surface area contributed by atoms with Crippen molar-refractivity contribution in [2.45, 2.75) is 33.3 Å². The number of rotatable bonds is 6. The van der Waals surface area contributed by atoms with Gasteiger partial charge in [0.15, 0.2) is 6.10 Å². The summed E-state index contributed by atoms with van der Waals surface area (Å²) in [6.07, 6.45) is -0.137. The third-order valence-corrected chi connectivity index (χ3v) is 5.13. The Bertz CT molecular complexity index is 875. The molecule has 3 rings (SSSR count). The molecule has 1 fully saturated rings. The molecular weight excluding hydrogens is 368 g/mol. The summed E-state index contributed by atoms with van der Waals surface area (Å²) in [6, 6.07) is 12.9. The monoisotopic (exact) mass is 396 g/mol. The van der Waals surface area contributed by atoms with E-state index in [1.54, 1.807) is 29.2 Å². The minimum absolute atomic E-state index is 0.104. The van der Waals surface area contributed by atoms with Crippen LogP contribution in [0.3, 0.4) is 0 Å². The fourth-order valence-electron chi connectivity index (χ4n) is 3.20. The molecule has 6 heteroatoms. The van der Waals surface area contributed by atoms with Crippen LogP contribution in [0.4, 0.5) is 5.69 Å². The second kappa shape index (κ2) is 9.56. The van der Waals surface area contributed by atoms with E-state index in [-0.39, 0.29) is 11.8 Å². The second-order valence-electron chi connectivity index (χ2n) is 7.20. The van der Waals surface area contributed by atoms with Gasteiger partial charge in [-0.05, 0) is 55.7 Å². The summed E-state index contributed by atoms with van der Waals surface area (Å²) in [6.45, 7) is 8.10. The Morgan fingerprint density at radius 2 is 1.83 bits per heavy atom. The van der Waals surface area contributed by atoms with E-state index in [9.17, 15) is 9.59 Å². The predicted molar refractivity (Wildman–Crippen MR) is 112 cm³/mol. The first-order chi connectivity index (χ1) is 14.0. The van der Waals surface area contributed by atoms with E-state index in [1.165, 1.54) is 5.56 Å². The predicted octanol–water partition coefficient (Wildman–Crippen LogP) is 3.57. The zero-order chi connectivity index (χ0) is 20.8. The molecule has 0 unspecified atom stereocenters. The summed E-state index contributed by atoms with van der Waals surface area (Å²) in [5.41, 5.74) is 3.25. The first-order valence-corrected chi connectivity index (χ1v) is 10.0. The van der Waals surface area contributed by atoms with Gasteiger partial charge in [0.05, 0.1) is 24.5 Å². The Morgan fingerprint density at radius 3 is 2.52 bits per heavy atom. The molecule has 6 nitrogen and oxygen atoms in total. The van der Waals surface area contributed by atoms with E-state index in [0.29, 0.717) is 49.7 Å². The molecule has 1 aliphatic heterocycles. The van der Waals surface area contributed by atoms with Crippen LogP contribution in [0.5, 0.6) is 5.75 Å². The molecule has 1 saturated heterocycles. The van der Waals surface area contributed by atoms with Crippen LogP contribution in [0.15, 0.2) is 42.5 Å². The van der Waals surface area contributed by atoms with E-state index in [2.05, 4.69) is 5.32 Å². The largest absolute Gasteiger partial charge is 0.481 e. The lowest BCUT2D eigenvalue weighted by Crippen LogP contribution is -2.41. The highest BCUT2D eigenvalue weighted by atomic mass is 16.5. The Kier molecular flexibility index (Phi) is 6.88. The van der Waals surface area contributed by atoms with Crippen LogP contribution in [-0.2, 0) is 9.53 Å². The van der Waals surface area contributed by atoms with Crippen molar-refractivity contribution in [2.75, 3.05) is 31.6 Å². The Labute approximate surface area is 171 Å². The van der Waals surface area contributed by atoms with Crippen molar-refractivity contribution in [3.8, 4) is 5.75 Å². The molecule has 0 spiro atoms. The average Bonchev–Trinajstić information content (AvgIpc) is 2.75. The molecule has 1 atom stereocenters. The molecule has 29 heavy (non-hydrogen) atoms. The number of morpholine rings is 1. The molecule has 0 bridgehead atoms. The van der Waals surface area contributed by atoms with Crippen LogP contribution in [0, 0.1) is 13.8 Å². The van der Waals surface area contributed by atoms with E-state index in [1.807, 2.05) is 39.0 Å². The number of hydrogen-bond acceptors (Lipinski definition) is 4. The highest BCUT2D eigenvalue weighted by molar-refractivity contribution is 6.04. The van der Waals surface area contributed by atoms with Crippen LogP contribution >= 0.6 is 0 Å². The number of nitrogens with zero attached hydrogens (tertiary/aromatic N) is 1.